The summed E-state index contributed by atoms with van der Waals surface area (Å²) in [4.78, 5) is 14.9. The normalized spacial score (nSPS) is 15.4. The number of nitrogens with zero attached hydrogens (tertiary/aromatic N) is 3. The van der Waals surface area contributed by atoms with Crippen molar-refractivity contribution in [2.45, 2.75) is 43.3 Å². The van der Waals surface area contributed by atoms with Crippen LogP contribution in [-0.2, 0) is 11.2 Å². The topological polar surface area (TPSA) is 68.5 Å². The van der Waals surface area contributed by atoms with E-state index < -0.39 is 6.10 Å². The van der Waals surface area contributed by atoms with E-state index in [0.29, 0.717) is 23.4 Å². The Balaban J connectivity index is 1.40. The molecule has 3 aromatic rings. The van der Waals surface area contributed by atoms with Gasteiger partial charge in [-0.05, 0) is 62.6 Å². The van der Waals surface area contributed by atoms with Crippen LogP contribution >= 0.6 is 11.8 Å². The van der Waals surface area contributed by atoms with Crippen LogP contribution in [0.3, 0.4) is 0 Å². The van der Waals surface area contributed by atoms with Crippen molar-refractivity contribution in [3.05, 3.63) is 65.8 Å². The lowest BCUT2D eigenvalue weighted by Gasteiger charge is -2.31. The highest BCUT2D eigenvalue weighted by Gasteiger charge is 2.28. The van der Waals surface area contributed by atoms with Gasteiger partial charge in [0.25, 0.3) is 11.1 Å². The Morgan fingerprint density at radius 3 is 2.73 bits per heavy atom. The van der Waals surface area contributed by atoms with E-state index in [1.54, 1.807) is 6.92 Å². The molecule has 156 valence electrons. The fourth-order valence-electron chi connectivity index (χ4n) is 3.38. The molecule has 1 aliphatic rings. The second-order valence-corrected chi connectivity index (χ2v) is 8.39. The number of benzene rings is 2. The quantitative estimate of drug-likeness (QED) is 0.526. The van der Waals surface area contributed by atoms with Crippen LogP contribution in [0.15, 0.2) is 58.2 Å². The van der Waals surface area contributed by atoms with Gasteiger partial charge in [0.2, 0.25) is 5.91 Å². The maximum atomic E-state index is 13.0. The van der Waals surface area contributed by atoms with Crippen molar-refractivity contribution in [3.63, 3.8) is 0 Å². The van der Waals surface area contributed by atoms with Crippen LogP contribution in [0.2, 0.25) is 0 Å². The van der Waals surface area contributed by atoms with Crippen molar-refractivity contribution in [1.29, 1.82) is 0 Å². The summed E-state index contributed by atoms with van der Waals surface area (Å²) in [6.07, 6.45) is 1.43. The molecular weight excluding hydrogens is 405 g/mol. The molecule has 1 aromatic heterocycles. The maximum Gasteiger partial charge on any atom is 0.277 e. The highest BCUT2D eigenvalue weighted by molar-refractivity contribution is 8.00. The van der Waals surface area contributed by atoms with Crippen LogP contribution in [0.5, 0.6) is 5.75 Å². The first-order valence-electron chi connectivity index (χ1n) is 9.83. The Bertz CT molecular complexity index is 1020. The van der Waals surface area contributed by atoms with E-state index in [2.05, 4.69) is 16.3 Å². The Morgan fingerprint density at radius 1 is 1.17 bits per heavy atom. The van der Waals surface area contributed by atoms with Crippen molar-refractivity contribution in [3.8, 4) is 5.75 Å². The van der Waals surface area contributed by atoms with Crippen molar-refractivity contribution >= 4 is 23.4 Å². The minimum absolute atomic E-state index is 0.0162. The summed E-state index contributed by atoms with van der Waals surface area (Å²) < 4.78 is 24.4. The number of aryl methyl sites for hydroxylation is 1. The predicted molar refractivity (Wildman–Crippen MR) is 112 cm³/mol. The average Bonchev–Trinajstić information content (AvgIpc) is 3.23. The second-order valence-electron chi connectivity index (χ2n) is 7.10. The number of aromatic nitrogens is 2. The van der Waals surface area contributed by atoms with Crippen molar-refractivity contribution in [2.24, 2.45) is 0 Å². The monoisotopic (exact) mass is 427 g/mol. The van der Waals surface area contributed by atoms with Crippen molar-refractivity contribution < 1.29 is 18.3 Å². The van der Waals surface area contributed by atoms with Gasteiger partial charge in [0.1, 0.15) is 11.6 Å². The third-order valence-electron chi connectivity index (χ3n) is 4.90. The molecule has 0 saturated carbocycles. The summed E-state index contributed by atoms with van der Waals surface area (Å²) in [7, 11) is 0. The Hall–Kier alpha value is -2.87. The molecule has 0 bridgehead atoms. The number of carbonyl (C=O) groups excluding carboxylic acids is 1. The number of ether oxygens (including phenoxy) is 1. The van der Waals surface area contributed by atoms with E-state index in [4.69, 9.17) is 9.15 Å². The van der Waals surface area contributed by atoms with Crippen LogP contribution in [0.25, 0.3) is 0 Å². The molecule has 30 heavy (non-hydrogen) atoms. The van der Waals surface area contributed by atoms with Crippen LogP contribution in [0.1, 0.15) is 37.8 Å². The lowest BCUT2D eigenvalue weighted by molar-refractivity contribution is -0.117. The van der Waals surface area contributed by atoms with Gasteiger partial charge < -0.3 is 14.1 Å². The van der Waals surface area contributed by atoms with Crippen molar-refractivity contribution in [2.75, 3.05) is 11.4 Å². The third-order valence-corrected chi connectivity index (χ3v) is 5.82. The molecular formula is C22H22FN3O3S. The molecule has 0 fully saturated rings. The minimum Gasteiger partial charge on any atom is -0.481 e. The zero-order chi connectivity index (χ0) is 21.1. The van der Waals surface area contributed by atoms with Gasteiger partial charge in [0.15, 0.2) is 6.10 Å². The summed E-state index contributed by atoms with van der Waals surface area (Å²) in [5.41, 5.74) is 2.18. The minimum atomic E-state index is -0.503. The first-order valence-corrected chi connectivity index (χ1v) is 10.7. The summed E-state index contributed by atoms with van der Waals surface area (Å²) in [5.74, 6) is 0.484. The lowest BCUT2D eigenvalue weighted by atomic mass is 10.0. The molecule has 0 aliphatic carbocycles. The van der Waals surface area contributed by atoms with Crippen LogP contribution < -0.4 is 9.64 Å². The molecule has 2 aromatic carbocycles. The summed E-state index contributed by atoms with van der Waals surface area (Å²) in [6.45, 7) is 4.31. The van der Waals surface area contributed by atoms with E-state index >= 15 is 0 Å². The molecule has 6 nitrogen and oxygen atoms in total. The van der Waals surface area contributed by atoms with Crippen LogP contribution in [-0.4, -0.2) is 27.9 Å². The molecule has 0 unspecified atom stereocenters. The molecule has 0 N–H and O–H groups in total. The first kappa shape index (κ1) is 20.4. The predicted octanol–water partition coefficient (Wildman–Crippen LogP) is 4.81. The number of amides is 1. The fraction of sp³-hybridized carbons (Fsp3) is 0.318. The number of rotatable bonds is 6. The molecule has 1 aliphatic heterocycles. The van der Waals surface area contributed by atoms with Gasteiger partial charge in [-0.25, -0.2) is 4.39 Å². The average molecular weight is 428 g/mol. The summed E-state index contributed by atoms with van der Waals surface area (Å²) >= 11 is 1.23. The third kappa shape index (κ3) is 4.48. The van der Waals surface area contributed by atoms with E-state index in [9.17, 15) is 9.18 Å². The first-order chi connectivity index (χ1) is 14.5. The molecule has 2 atom stereocenters. The zero-order valence-corrected chi connectivity index (χ0v) is 17.6. The maximum absolute atomic E-state index is 13.0. The highest BCUT2D eigenvalue weighted by atomic mass is 32.2. The number of anilines is 1. The fourth-order valence-corrected chi connectivity index (χ4v) is 4.14. The van der Waals surface area contributed by atoms with Gasteiger partial charge in [-0.2, -0.15) is 0 Å². The van der Waals surface area contributed by atoms with E-state index in [1.807, 2.05) is 30.0 Å². The lowest BCUT2D eigenvalue weighted by Crippen LogP contribution is -2.40. The zero-order valence-electron chi connectivity index (χ0n) is 16.7. The van der Waals surface area contributed by atoms with E-state index in [0.717, 1.165) is 18.5 Å². The van der Waals surface area contributed by atoms with Gasteiger partial charge in [0.05, 0.1) is 5.25 Å². The van der Waals surface area contributed by atoms with Gasteiger partial charge in [-0.3, -0.25) is 4.79 Å². The smallest absolute Gasteiger partial charge is 0.277 e. The van der Waals surface area contributed by atoms with Gasteiger partial charge in [-0.15, -0.1) is 10.2 Å². The molecule has 2 heterocycles. The summed E-state index contributed by atoms with van der Waals surface area (Å²) in [5, 5.41) is 8.00. The number of carbonyl (C=O) groups is 1. The molecule has 0 saturated heterocycles. The number of para-hydroxylation sites is 1. The molecule has 1 amide bonds. The van der Waals surface area contributed by atoms with E-state index in [1.165, 1.54) is 41.6 Å². The number of hydrogen-bond donors (Lipinski definition) is 0. The number of thioether (sulfide) groups is 1. The highest BCUT2D eigenvalue weighted by Crippen LogP contribution is 2.31. The number of fused-ring (bicyclic) bond motifs is 1. The standard InChI is InChI=1S/C22H22FN3O3S/c1-14(28-18-11-9-17(23)10-12-18)20-24-25-22(29-20)30-15(2)21(27)26-13-5-7-16-6-3-4-8-19(16)26/h3-4,6,8-12,14-15H,5,7,13H2,1-2H3/t14-,15+/m1/s1. The summed E-state index contributed by atoms with van der Waals surface area (Å²) in [6, 6.07) is 13.7. The SMILES string of the molecule is C[C@H](Sc1nnc([C@@H](C)Oc2ccc(F)cc2)o1)C(=O)N1CCCc2ccccc21. The van der Waals surface area contributed by atoms with Gasteiger partial charge >= 0.3 is 0 Å². The molecule has 0 spiro atoms. The Kier molecular flexibility index (Phi) is 6.03. The van der Waals surface area contributed by atoms with Gasteiger partial charge in [-0.1, -0.05) is 30.0 Å². The molecule has 4 rings (SSSR count). The van der Waals surface area contributed by atoms with Gasteiger partial charge in [0, 0.05) is 12.2 Å². The van der Waals surface area contributed by atoms with Crippen LogP contribution in [0.4, 0.5) is 10.1 Å². The van der Waals surface area contributed by atoms with Crippen LogP contribution in [0, 0.1) is 5.82 Å². The largest absolute Gasteiger partial charge is 0.481 e. The Morgan fingerprint density at radius 2 is 1.93 bits per heavy atom. The second kappa shape index (κ2) is 8.87. The number of halogens is 1. The van der Waals surface area contributed by atoms with Crippen molar-refractivity contribution in [1.82, 2.24) is 10.2 Å². The Labute approximate surface area is 178 Å². The number of hydrogen-bond acceptors (Lipinski definition) is 6. The molecule has 8 heteroatoms. The van der Waals surface area contributed by atoms with E-state index in [-0.39, 0.29) is 17.0 Å². The molecule has 0 radical (unpaired) electrons.